The zero-order chi connectivity index (χ0) is 8.43. The molecule has 0 amide bonds. The largest absolute Gasteiger partial charge is 0.397 e. The van der Waals surface area contributed by atoms with E-state index >= 15 is 0 Å². The van der Waals surface area contributed by atoms with E-state index in [1.807, 2.05) is 13.0 Å². The topological polar surface area (TPSA) is 62.7 Å². The van der Waals surface area contributed by atoms with Crippen LogP contribution in [0.15, 0.2) is 10.7 Å². The Bertz CT molecular complexity index is 327. The quantitative estimate of drug-likeness (QED) is 0.710. The van der Waals surface area contributed by atoms with Crippen LogP contribution < -0.4 is 5.73 Å². The molecule has 0 radical (unpaired) electrons. The molecule has 2 N–H and O–H groups in total. The van der Waals surface area contributed by atoms with Gasteiger partial charge in [-0.2, -0.15) is 5.26 Å². The maximum atomic E-state index is 8.54. The van der Waals surface area contributed by atoms with Gasteiger partial charge < -0.3 is 5.73 Å². The molecule has 0 aliphatic rings. The van der Waals surface area contributed by atoms with Gasteiger partial charge in [0.2, 0.25) is 0 Å². The lowest BCUT2D eigenvalue weighted by Gasteiger charge is -2.01. The highest BCUT2D eigenvalue weighted by atomic mass is 79.9. The number of rotatable bonds is 0. The van der Waals surface area contributed by atoms with Crippen molar-refractivity contribution in [3.8, 4) is 6.07 Å². The molecule has 56 valence electrons. The molecule has 0 fully saturated rings. The highest BCUT2D eigenvalue weighted by Gasteiger charge is 2.05. The van der Waals surface area contributed by atoms with Gasteiger partial charge in [-0.15, -0.1) is 0 Å². The number of aromatic nitrogens is 1. The van der Waals surface area contributed by atoms with Crippen molar-refractivity contribution in [1.82, 2.24) is 4.98 Å². The van der Waals surface area contributed by atoms with Crippen LogP contribution in [0.4, 0.5) is 5.69 Å². The fourth-order valence-corrected chi connectivity index (χ4v) is 1.01. The second-order valence-electron chi connectivity index (χ2n) is 2.10. The highest BCUT2D eigenvalue weighted by molar-refractivity contribution is 9.10. The van der Waals surface area contributed by atoms with E-state index in [0.717, 1.165) is 5.69 Å². The van der Waals surface area contributed by atoms with E-state index in [1.165, 1.54) is 6.20 Å². The first-order valence-corrected chi connectivity index (χ1v) is 3.76. The van der Waals surface area contributed by atoms with Crippen molar-refractivity contribution < 1.29 is 0 Å². The van der Waals surface area contributed by atoms with Crippen LogP contribution in [0, 0.1) is 18.3 Å². The summed E-state index contributed by atoms with van der Waals surface area (Å²) in [5.74, 6) is 0. The molecule has 4 heteroatoms. The fourth-order valence-electron chi connectivity index (χ4n) is 0.690. The first-order valence-electron chi connectivity index (χ1n) is 2.97. The van der Waals surface area contributed by atoms with Gasteiger partial charge >= 0.3 is 0 Å². The van der Waals surface area contributed by atoms with Gasteiger partial charge in [-0.05, 0) is 22.9 Å². The maximum Gasteiger partial charge on any atom is 0.103 e. The third-order valence-corrected chi connectivity index (χ3v) is 2.35. The van der Waals surface area contributed by atoms with Crippen molar-refractivity contribution in [2.75, 3.05) is 5.73 Å². The van der Waals surface area contributed by atoms with Gasteiger partial charge in [0.15, 0.2) is 0 Å². The predicted molar refractivity (Wildman–Crippen MR) is 45.8 cm³/mol. The number of aryl methyl sites for hydroxylation is 1. The van der Waals surface area contributed by atoms with Crippen molar-refractivity contribution in [1.29, 1.82) is 5.26 Å². The minimum Gasteiger partial charge on any atom is -0.397 e. The zero-order valence-corrected chi connectivity index (χ0v) is 7.51. The molecule has 1 heterocycles. The molecule has 0 unspecified atom stereocenters. The molecular formula is C7H6BrN3. The van der Waals surface area contributed by atoms with Gasteiger partial charge in [0.05, 0.1) is 21.4 Å². The molecule has 0 saturated carbocycles. The van der Waals surface area contributed by atoms with Gasteiger partial charge in [0.25, 0.3) is 0 Å². The molecule has 0 aromatic carbocycles. The number of pyridine rings is 1. The molecule has 0 atom stereocenters. The number of nitrogens with zero attached hydrogens (tertiary/aromatic N) is 2. The molecule has 0 aliphatic heterocycles. The molecule has 1 aromatic heterocycles. The zero-order valence-electron chi connectivity index (χ0n) is 5.93. The summed E-state index contributed by atoms with van der Waals surface area (Å²) in [4.78, 5) is 3.96. The minimum atomic E-state index is 0.405. The van der Waals surface area contributed by atoms with Gasteiger partial charge in [0, 0.05) is 6.20 Å². The Hall–Kier alpha value is -1.08. The van der Waals surface area contributed by atoms with Crippen molar-refractivity contribution in [3.63, 3.8) is 0 Å². The van der Waals surface area contributed by atoms with E-state index in [0.29, 0.717) is 15.7 Å². The van der Waals surface area contributed by atoms with E-state index < -0.39 is 0 Å². The molecule has 0 bridgehead atoms. The van der Waals surface area contributed by atoms with E-state index in [1.54, 1.807) is 0 Å². The molecule has 11 heavy (non-hydrogen) atoms. The van der Waals surface area contributed by atoms with Crippen LogP contribution >= 0.6 is 15.9 Å². The number of halogens is 1. The van der Waals surface area contributed by atoms with Crippen LogP contribution in [0.2, 0.25) is 0 Å². The van der Waals surface area contributed by atoms with Crippen molar-refractivity contribution in [3.05, 3.63) is 21.9 Å². The monoisotopic (exact) mass is 211 g/mol. The number of anilines is 1. The number of nitrogen functional groups attached to an aromatic ring is 1. The normalized spacial score (nSPS) is 9.18. The van der Waals surface area contributed by atoms with Crippen molar-refractivity contribution in [2.24, 2.45) is 0 Å². The standard InChI is InChI=1S/C7H6BrN3/c1-4-6(8)7(10)5(2-9)3-11-4/h3H,1H3,(H2,10,11). The second-order valence-corrected chi connectivity index (χ2v) is 2.89. The predicted octanol–water partition coefficient (Wildman–Crippen LogP) is 1.61. The molecule has 3 nitrogen and oxygen atoms in total. The summed E-state index contributed by atoms with van der Waals surface area (Å²) >= 11 is 3.23. The summed E-state index contributed by atoms with van der Waals surface area (Å²) in [5, 5.41) is 8.54. The third-order valence-electron chi connectivity index (χ3n) is 1.35. The lowest BCUT2D eigenvalue weighted by molar-refractivity contribution is 1.17. The van der Waals surface area contributed by atoms with E-state index in [9.17, 15) is 0 Å². The van der Waals surface area contributed by atoms with Crippen LogP contribution in [0.1, 0.15) is 11.3 Å². The maximum absolute atomic E-state index is 8.54. The smallest absolute Gasteiger partial charge is 0.103 e. The summed E-state index contributed by atoms with van der Waals surface area (Å²) in [6, 6.07) is 1.95. The van der Waals surface area contributed by atoms with Crippen molar-refractivity contribution in [2.45, 2.75) is 6.92 Å². The number of hydrogen-bond donors (Lipinski definition) is 1. The molecular weight excluding hydrogens is 206 g/mol. The number of nitriles is 1. The molecule has 1 rings (SSSR count). The van der Waals surface area contributed by atoms with Crippen LogP contribution in [0.3, 0.4) is 0 Å². The number of nitrogens with two attached hydrogens (primary N) is 1. The van der Waals surface area contributed by atoms with Gasteiger partial charge in [-0.1, -0.05) is 0 Å². The third kappa shape index (κ3) is 1.33. The Balaban J connectivity index is 3.40. The lowest BCUT2D eigenvalue weighted by Crippen LogP contribution is -1.95. The van der Waals surface area contributed by atoms with Gasteiger partial charge in [0.1, 0.15) is 6.07 Å². The first kappa shape index (κ1) is 8.02. The van der Waals surface area contributed by atoms with E-state index in [4.69, 9.17) is 11.0 Å². The Morgan fingerprint density at radius 3 is 2.91 bits per heavy atom. The Morgan fingerprint density at radius 2 is 2.36 bits per heavy atom. The van der Waals surface area contributed by atoms with Crippen molar-refractivity contribution >= 4 is 21.6 Å². The van der Waals surface area contributed by atoms with Crippen LogP contribution in [-0.4, -0.2) is 4.98 Å². The summed E-state index contributed by atoms with van der Waals surface area (Å²) in [5.41, 5.74) is 7.24. The molecule has 0 aliphatic carbocycles. The average molecular weight is 212 g/mol. The second kappa shape index (κ2) is 2.89. The first-order chi connectivity index (χ1) is 5.16. The van der Waals surface area contributed by atoms with E-state index in [2.05, 4.69) is 20.9 Å². The van der Waals surface area contributed by atoms with Crippen LogP contribution in [0.25, 0.3) is 0 Å². The Labute approximate surface area is 73.0 Å². The molecule has 1 aromatic rings. The van der Waals surface area contributed by atoms with Gasteiger partial charge in [-0.3, -0.25) is 4.98 Å². The van der Waals surface area contributed by atoms with Crippen LogP contribution in [0.5, 0.6) is 0 Å². The SMILES string of the molecule is Cc1ncc(C#N)c(N)c1Br. The Kier molecular flexibility index (Phi) is 2.11. The van der Waals surface area contributed by atoms with Crippen LogP contribution in [-0.2, 0) is 0 Å². The summed E-state index contributed by atoms with van der Waals surface area (Å²) in [7, 11) is 0. The average Bonchev–Trinajstić information content (AvgIpc) is 2.01. The summed E-state index contributed by atoms with van der Waals surface area (Å²) in [6.45, 7) is 1.82. The summed E-state index contributed by atoms with van der Waals surface area (Å²) < 4.78 is 0.705. The highest BCUT2D eigenvalue weighted by Crippen LogP contribution is 2.24. The molecule has 0 spiro atoms. The van der Waals surface area contributed by atoms with E-state index in [-0.39, 0.29) is 0 Å². The fraction of sp³-hybridized carbons (Fsp3) is 0.143. The summed E-state index contributed by atoms with van der Waals surface area (Å²) in [6.07, 6.45) is 1.47. The minimum absolute atomic E-state index is 0.405. The lowest BCUT2D eigenvalue weighted by atomic mass is 10.2. The van der Waals surface area contributed by atoms with Gasteiger partial charge in [-0.25, -0.2) is 0 Å². The molecule has 0 saturated heterocycles. The number of hydrogen-bond acceptors (Lipinski definition) is 3. The Morgan fingerprint density at radius 1 is 1.73 bits per heavy atom.